The molecule has 1 aromatic carbocycles. The minimum atomic E-state index is -4.98. The summed E-state index contributed by atoms with van der Waals surface area (Å²) in [5.74, 6) is -1.24. The van der Waals surface area contributed by atoms with Gasteiger partial charge in [0.25, 0.3) is 5.60 Å². The van der Waals surface area contributed by atoms with Crippen molar-refractivity contribution in [2.24, 2.45) is 0 Å². The Balaban J connectivity index is 1.98. The van der Waals surface area contributed by atoms with Gasteiger partial charge in [-0.1, -0.05) is 62.9 Å². The molecule has 2 atom stereocenters. The molecule has 1 heterocycles. The molecule has 2 aromatic rings. The van der Waals surface area contributed by atoms with E-state index in [2.05, 4.69) is 4.98 Å². The maximum absolute atomic E-state index is 14.2. The highest BCUT2D eigenvalue weighted by atomic mass is 19.4. The molecule has 0 bridgehead atoms. The molecule has 0 saturated heterocycles. The summed E-state index contributed by atoms with van der Waals surface area (Å²) in [6.45, 7) is 3.80. The third-order valence-electron chi connectivity index (χ3n) is 6.40. The average molecular weight is 510 g/mol. The fourth-order valence-electron chi connectivity index (χ4n) is 4.28. The normalized spacial score (nSPS) is 14.3. The van der Waals surface area contributed by atoms with E-state index in [1.165, 1.54) is 24.3 Å². The van der Waals surface area contributed by atoms with Crippen LogP contribution in [0.2, 0.25) is 0 Å². The van der Waals surface area contributed by atoms with Crippen molar-refractivity contribution in [1.82, 2.24) is 4.98 Å². The van der Waals surface area contributed by atoms with Gasteiger partial charge >= 0.3 is 12.1 Å². The van der Waals surface area contributed by atoms with Crippen molar-refractivity contribution < 1.29 is 32.5 Å². The summed E-state index contributed by atoms with van der Waals surface area (Å²) in [7, 11) is 0.887. The van der Waals surface area contributed by atoms with Crippen molar-refractivity contribution in [2.45, 2.75) is 95.9 Å². The second kappa shape index (κ2) is 14.2. The number of aromatic hydroxyl groups is 1. The van der Waals surface area contributed by atoms with Crippen LogP contribution in [0, 0.1) is 6.92 Å². The second-order valence-corrected chi connectivity index (χ2v) is 9.13. The highest BCUT2D eigenvalue weighted by molar-refractivity contribution is 5.82. The van der Waals surface area contributed by atoms with Gasteiger partial charge in [0.1, 0.15) is 11.9 Å². The Labute approximate surface area is 212 Å². The number of carbonyl (C=O) groups is 1. The fourth-order valence-corrected chi connectivity index (χ4v) is 4.28. The molecule has 1 unspecified atom stereocenters. The third-order valence-corrected chi connectivity index (χ3v) is 6.40. The summed E-state index contributed by atoms with van der Waals surface area (Å²) < 4.78 is 53.0. The van der Waals surface area contributed by atoms with Crippen LogP contribution in [-0.4, -0.2) is 35.4 Å². The zero-order valence-corrected chi connectivity index (χ0v) is 21.4. The van der Waals surface area contributed by atoms with Gasteiger partial charge in [0.15, 0.2) is 0 Å². The van der Waals surface area contributed by atoms with Crippen LogP contribution in [0.25, 0.3) is 0 Å². The number of halogens is 3. The lowest BCUT2D eigenvalue weighted by Gasteiger charge is -2.34. The van der Waals surface area contributed by atoms with E-state index < -0.39 is 23.9 Å². The number of carbonyl (C=O) groups excluding carboxylic acids is 1. The van der Waals surface area contributed by atoms with E-state index in [0.717, 1.165) is 64.2 Å². The van der Waals surface area contributed by atoms with Crippen molar-refractivity contribution in [3.63, 3.8) is 0 Å². The summed E-state index contributed by atoms with van der Waals surface area (Å²) >= 11 is 0. The zero-order chi connectivity index (χ0) is 26.6. The Morgan fingerprint density at radius 2 is 1.61 bits per heavy atom. The van der Waals surface area contributed by atoms with Gasteiger partial charge in [0, 0.05) is 18.4 Å². The van der Waals surface area contributed by atoms with Crippen LogP contribution < -0.4 is 0 Å². The van der Waals surface area contributed by atoms with Gasteiger partial charge in [-0.25, -0.2) is 4.79 Å². The molecule has 0 amide bonds. The Morgan fingerprint density at radius 3 is 2.19 bits per heavy atom. The summed E-state index contributed by atoms with van der Waals surface area (Å²) in [4.78, 5) is 17.4. The average Bonchev–Trinajstić information content (AvgIpc) is 2.84. The Bertz CT molecular complexity index is 936. The van der Waals surface area contributed by atoms with Crippen LogP contribution in [0.5, 0.6) is 5.75 Å². The third kappa shape index (κ3) is 7.95. The first-order chi connectivity index (χ1) is 17.2. The number of ether oxygens (including phenoxy) is 2. The van der Waals surface area contributed by atoms with Crippen LogP contribution in [-0.2, 0) is 26.3 Å². The first-order valence-electron chi connectivity index (χ1n) is 12.7. The first-order valence-corrected chi connectivity index (χ1v) is 12.7. The predicted octanol–water partition coefficient (Wildman–Crippen LogP) is 7.18. The van der Waals surface area contributed by atoms with Crippen molar-refractivity contribution >= 4 is 5.97 Å². The van der Waals surface area contributed by atoms with E-state index in [0.29, 0.717) is 18.5 Å². The maximum Gasteiger partial charge on any atom is 0.432 e. The highest BCUT2D eigenvalue weighted by Crippen LogP contribution is 2.43. The van der Waals surface area contributed by atoms with Crippen molar-refractivity contribution in [1.29, 1.82) is 0 Å². The second-order valence-electron chi connectivity index (χ2n) is 9.13. The van der Waals surface area contributed by atoms with Crippen LogP contribution >= 0.6 is 0 Å². The Morgan fingerprint density at radius 1 is 0.972 bits per heavy atom. The minimum absolute atomic E-state index is 0.178. The Hall–Kier alpha value is -2.61. The largest absolute Gasteiger partial charge is 0.506 e. The summed E-state index contributed by atoms with van der Waals surface area (Å²) in [6, 6.07) is 10.4. The maximum atomic E-state index is 14.2. The van der Waals surface area contributed by atoms with Crippen LogP contribution in [0.3, 0.4) is 0 Å². The molecule has 0 spiro atoms. The van der Waals surface area contributed by atoms with Crippen molar-refractivity contribution in [2.75, 3.05) is 7.11 Å². The van der Waals surface area contributed by atoms with Crippen LogP contribution in [0.15, 0.2) is 42.5 Å². The van der Waals surface area contributed by atoms with E-state index in [4.69, 9.17) is 9.47 Å². The minimum Gasteiger partial charge on any atom is -0.506 e. The number of hydrogen-bond acceptors (Lipinski definition) is 5. The molecule has 8 heteroatoms. The predicted molar refractivity (Wildman–Crippen MR) is 133 cm³/mol. The van der Waals surface area contributed by atoms with E-state index in [1.54, 1.807) is 25.1 Å². The lowest BCUT2D eigenvalue weighted by Crippen LogP contribution is -2.52. The van der Waals surface area contributed by atoms with Gasteiger partial charge in [-0.3, -0.25) is 4.98 Å². The number of methoxy groups -OCH3 is 1. The number of unbranched alkanes of at least 4 members (excludes halogenated alkanes) is 5. The molecule has 200 valence electrons. The summed E-state index contributed by atoms with van der Waals surface area (Å²) in [5, 5.41) is 9.58. The lowest BCUT2D eigenvalue weighted by atomic mass is 9.92. The Kier molecular flexibility index (Phi) is 11.7. The number of esters is 1. The van der Waals surface area contributed by atoms with E-state index in [1.807, 2.05) is 6.92 Å². The molecule has 0 aliphatic heterocycles. The molecule has 2 rings (SSSR count). The number of benzene rings is 1. The number of nitrogens with zero attached hydrogens (tertiary/aromatic N) is 1. The molecule has 0 fully saturated rings. The van der Waals surface area contributed by atoms with Gasteiger partial charge in [-0.2, -0.15) is 13.2 Å². The number of aryl methyl sites for hydroxylation is 2. The number of alkyl halides is 3. The standard InChI is InChI=1S/C28H38F3NO4/c1-4-5-9-17-24(18-13-7-6-12-16-23-19-20-25(33)21(2)32-23)36-26(34)27(35-3,28(29,30)31)22-14-10-8-11-15-22/h8,10-11,14-15,19-20,24,33H,4-7,9,12-13,16-18H2,1-3H3/t24?,27-/m1/s1. The number of aromatic nitrogens is 1. The molecule has 0 saturated carbocycles. The highest BCUT2D eigenvalue weighted by Gasteiger charge is 2.64. The van der Waals surface area contributed by atoms with Crippen LogP contribution in [0.4, 0.5) is 13.2 Å². The molecule has 0 radical (unpaired) electrons. The molecule has 1 N–H and O–H groups in total. The molecule has 0 aliphatic carbocycles. The molecule has 5 nitrogen and oxygen atoms in total. The lowest BCUT2D eigenvalue weighted by molar-refractivity contribution is -0.278. The zero-order valence-electron chi connectivity index (χ0n) is 21.4. The monoisotopic (exact) mass is 509 g/mol. The molecule has 36 heavy (non-hydrogen) atoms. The van der Waals surface area contributed by atoms with Crippen molar-refractivity contribution in [3.8, 4) is 5.75 Å². The van der Waals surface area contributed by atoms with Crippen LogP contribution in [0.1, 0.15) is 81.7 Å². The number of rotatable bonds is 15. The molecule has 0 aliphatic rings. The molecular weight excluding hydrogens is 471 g/mol. The fraction of sp³-hybridized carbons (Fsp3) is 0.571. The molecular formula is C28H38F3NO4. The number of pyridine rings is 1. The topological polar surface area (TPSA) is 68.7 Å². The molecule has 1 aromatic heterocycles. The van der Waals surface area contributed by atoms with E-state index in [-0.39, 0.29) is 11.3 Å². The van der Waals surface area contributed by atoms with E-state index >= 15 is 0 Å². The van der Waals surface area contributed by atoms with Gasteiger partial charge < -0.3 is 14.6 Å². The van der Waals surface area contributed by atoms with E-state index in [9.17, 15) is 23.1 Å². The van der Waals surface area contributed by atoms with Gasteiger partial charge in [-0.15, -0.1) is 0 Å². The SMILES string of the molecule is CCCCCC(CCCCCCc1ccc(O)c(C)n1)OC(=O)[C@](OC)(c1ccccc1)C(F)(F)F. The number of hydrogen-bond donors (Lipinski definition) is 1. The summed E-state index contributed by atoms with van der Waals surface area (Å²) in [6.07, 6.45) is 2.31. The summed E-state index contributed by atoms with van der Waals surface area (Å²) in [5.41, 5.74) is -1.94. The van der Waals surface area contributed by atoms with Gasteiger partial charge in [0.05, 0.1) is 5.69 Å². The first kappa shape index (κ1) is 29.6. The van der Waals surface area contributed by atoms with Crippen molar-refractivity contribution in [3.05, 3.63) is 59.4 Å². The smallest absolute Gasteiger partial charge is 0.432 e. The van der Waals surface area contributed by atoms with Gasteiger partial charge in [-0.05, 0) is 57.6 Å². The quantitative estimate of drug-likeness (QED) is 0.203. The van der Waals surface area contributed by atoms with Gasteiger partial charge in [0.2, 0.25) is 0 Å².